The van der Waals surface area contributed by atoms with Gasteiger partial charge in [-0.3, -0.25) is 4.79 Å². The van der Waals surface area contributed by atoms with Gasteiger partial charge in [-0.25, -0.2) is 0 Å². The molecule has 0 aliphatic carbocycles. The summed E-state index contributed by atoms with van der Waals surface area (Å²) in [6.45, 7) is 0. The third-order valence-corrected chi connectivity index (χ3v) is 3.28. The molecule has 0 unspecified atom stereocenters. The number of hydrogen-bond acceptors (Lipinski definition) is 2. The molecule has 0 aromatic heterocycles. The average molecular weight is 312 g/mol. The van der Waals surface area contributed by atoms with Crippen LogP contribution in [-0.4, -0.2) is 13.1 Å². The third-order valence-electron chi connectivity index (χ3n) is 1.95. The van der Waals surface area contributed by atoms with Crippen molar-refractivity contribution in [1.82, 2.24) is 0 Å². The predicted molar refractivity (Wildman–Crippen MR) is 64.8 cm³/mol. The van der Waals surface area contributed by atoms with E-state index in [0.29, 0.717) is 15.4 Å². The standard InChI is InChI=1S/C10H9BrCl2O2/c1-15-10(14)4-6-2-8(12)9(13)3-7(6)5-11/h2-3H,4-5H2,1H3. The van der Waals surface area contributed by atoms with Crippen LogP contribution >= 0.6 is 39.1 Å². The number of alkyl halides is 1. The van der Waals surface area contributed by atoms with Gasteiger partial charge in [0.25, 0.3) is 0 Å². The summed E-state index contributed by atoms with van der Waals surface area (Å²) in [4.78, 5) is 11.1. The molecule has 0 spiro atoms. The lowest BCUT2D eigenvalue weighted by atomic mass is 10.1. The van der Waals surface area contributed by atoms with Crippen molar-refractivity contribution < 1.29 is 9.53 Å². The van der Waals surface area contributed by atoms with Gasteiger partial charge in [-0.1, -0.05) is 39.1 Å². The second kappa shape index (κ2) is 5.73. The Morgan fingerprint density at radius 2 is 1.87 bits per heavy atom. The summed E-state index contributed by atoms with van der Waals surface area (Å²) in [5.74, 6) is -0.296. The Kier molecular flexibility index (Phi) is 4.90. The molecule has 1 aromatic carbocycles. The predicted octanol–water partition coefficient (Wildman–Crippen LogP) is 3.60. The number of ether oxygens (including phenoxy) is 1. The highest BCUT2D eigenvalue weighted by Gasteiger charge is 2.10. The Labute approximate surface area is 107 Å². The molecule has 1 rings (SSSR count). The highest BCUT2D eigenvalue weighted by atomic mass is 79.9. The minimum absolute atomic E-state index is 0.203. The van der Waals surface area contributed by atoms with Crippen molar-refractivity contribution in [3.63, 3.8) is 0 Å². The fraction of sp³-hybridized carbons (Fsp3) is 0.300. The minimum Gasteiger partial charge on any atom is -0.469 e. The summed E-state index contributed by atoms with van der Waals surface area (Å²) in [5.41, 5.74) is 1.77. The number of carbonyl (C=O) groups is 1. The van der Waals surface area contributed by atoms with Gasteiger partial charge in [0.05, 0.1) is 23.6 Å². The first kappa shape index (κ1) is 12.8. The summed E-state index contributed by atoms with van der Waals surface area (Å²) in [7, 11) is 1.35. The van der Waals surface area contributed by atoms with Crippen molar-refractivity contribution >= 4 is 45.1 Å². The van der Waals surface area contributed by atoms with E-state index in [2.05, 4.69) is 20.7 Å². The fourth-order valence-corrected chi connectivity index (χ4v) is 2.04. The van der Waals surface area contributed by atoms with E-state index in [9.17, 15) is 4.79 Å². The zero-order chi connectivity index (χ0) is 11.4. The first-order chi connectivity index (χ1) is 7.08. The van der Waals surface area contributed by atoms with Gasteiger partial charge in [0, 0.05) is 5.33 Å². The Bertz CT molecular complexity index is 380. The normalized spacial score (nSPS) is 10.1. The Morgan fingerprint density at radius 3 is 2.33 bits per heavy atom. The molecule has 0 amide bonds. The molecule has 0 bridgehead atoms. The number of benzene rings is 1. The minimum atomic E-state index is -0.296. The lowest BCUT2D eigenvalue weighted by Gasteiger charge is -2.08. The largest absolute Gasteiger partial charge is 0.469 e. The second-order valence-electron chi connectivity index (χ2n) is 2.92. The van der Waals surface area contributed by atoms with Gasteiger partial charge in [-0.15, -0.1) is 0 Å². The lowest BCUT2D eigenvalue weighted by molar-refractivity contribution is -0.139. The van der Waals surface area contributed by atoms with Crippen LogP contribution < -0.4 is 0 Å². The molecular weight excluding hydrogens is 303 g/mol. The summed E-state index contributed by atoms with van der Waals surface area (Å²) in [6.07, 6.45) is 0.203. The van der Waals surface area contributed by atoms with Crippen LogP contribution in [0.5, 0.6) is 0 Å². The number of esters is 1. The van der Waals surface area contributed by atoms with E-state index in [-0.39, 0.29) is 12.4 Å². The van der Waals surface area contributed by atoms with Crippen LogP contribution in [0.15, 0.2) is 12.1 Å². The van der Waals surface area contributed by atoms with Crippen LogP contribution in [0, 0.1) is 0 Å². The maximum atomic E-state index is 11.1. The van der Waals surface area contributed by atoms with E-state index in [4.69, 9.17) is 23.2 Å². The van der Waals surface area contributed by atoms with Crippen LogP contribution in [0.25, 0.3) is 0 Å². The van der Waals surface area contributed by atoms with E-state index in [1.807, 2.05) is 0 Å². The third kappa shape index (κ3) is 3.37. The number of methoxy groups -OCH3 is 1. The maximum absolute atomic E-state index is 11.1. The summed E-state index contributed by atoms with van der Waals surface area (Å²) >= 11 is 15.1. The molecule has 0 N–H and O–H groups in total. The summed E-state index contributed by atoms with van der Waals surface area (Å²) in [5, 5.41) is 1.55. The zero-order valence-electron chi connectivity index (χ0n) is 8.02. The van der Waals surface area contributed by atoms with Crippen LogP contribution in [0.1, 0.15) is 11.1 Å². The second-order valence-corrected chi connectivity index (χ2v) is 4.30. The Hall–Kier alpha value is -0.250. The van der Waals surface area contributed by atoms with E-state index >= 15 is 0 Å². The molecule has 0 atom stereocenters. The molecule has 5 heteroatoms. The van der Waals surface area contributed by atoms with Crippen LogP contribution in [-0.2, 0) is 21.3 Å². The van der Waals surface area contributed by atoms with Gasteiger partial charge in [0.15, 0.2) is 0 Å². The number of rotatable bonds is 3. The maximum Gasteiger partial charge on any atom is 0.309 e. The molecule has 15 heavy (non-hydrogen) atoms. The van der Waals surface area contributed by atoms with Gasteiger partial charge in [-0.05, 0) is 23.3 Å². The van der Waals surface area contributed by atoms with Gasteiger partial charge < -0.3 is 4.74 Å². The van der Waals surface area contributed by atoms with E-state index in [1.54, 1.807) is 12.1 Å². The fourth-order valence-electron chi connectivity index (χ4n) is 1.15. The molecule has 0 aliphatic rings. The smallest absolute Gasteiger partial charge is 0.309 e. The van der Waals surface area contributed by atoms with Crippen molar-refractivity contribution in [1.29, 1.82) is 0 Å². The molecule has 0 fully saturated rings. The van der Waals surface area contributed by atoms with Crippen LogP contribution in [0.3, 0.4) is 0 Å². The van der Waals surface area contributed by atoms with Crippen molar-refractivity contribution in [3.05, 3.63) is 33.3 Å². The highest BCUT2D eigenvalue weighted by Crippen LogP contribution is 2.27. The molecule has 0 heterocycles. The number of hydrogen-bond donors (Lipinski definition) is 0. The Balaban J connectivity index is 3.05. The first-order valence-electron chi connectivity index (χ1n) is 4.18. The molecule has 1 aromatic rings. The van der Waals surface area contributed by atoms with Crippen LogP contribution in [0.4, 0.5) is 0 Å². The van der Waals surface area contributed by atoms with Gasteiger partial charge in [0.1, 0.15) is 0 Å². The number of halogens is 3. The topological polar surface area (TPSA) is 26.3 Å². The molecule has 0 saturated carbocycles. The summed E-state index contributed by atoms with van der Waals surface area (Å²) < 4.78 is 4.59. The average Bonchev–Trinajstić information content (AvgIpc) is 2.22. The summed E-state index contributed by atoms with van der Waals surface area (Å²) in [6, 6.07) is 3.44. The van der Waals surface area contributed by atoms with E-state index < -0.39 is 0 Å². The van der Waals surface area contributed by atoms with Gasteiger partial charge in [-0.2, -0.15) is 0 Å². The molecular formula is C10H9BrCl2O2. The molecule has 2 nitrogen and oxygen atoms in total. The van der Waals surface area contributed by atoms with E-state index in [1.165, 1.54) is 7.11 Å². The zero-order valence-corrected chi connectivity index (χ0v) is 11.1. The van der Waals surface area contributed by atoms with Crippen molar-refractivity contribution in [2.24, 2.45) is 0 Å². The van der Waals surface area contributed by atoms with Crippen molar-refractivity contribution in [2.45, 2.75) is 11.8 Å². The highest BCUT2D eigenvalue weighted by molar-refractivity contribution is 9.08. The van der Waals surface area contributed by atoms with Crippen molar-refractivity contribution in [2.75, 3.05) is 7.11 Å². The molecule has 0 radical (unpaired) electrons. The van der Waals surface area contributed by atoms with Crippen molar-refractivity contribution in [3.8, 4) is 0 Å². The van der Waals surface area contributed by atoms with Crippen LogP contribution in [0.2, 0.25) is 10.0 Å². The molecule has 0 aliphatic heterocycles. The van der Waals surface area contributed by atoms with Gasteiger partial charge >= 0.3 is 5.97 Å². The lowest BCUT2D eigenvalue weighted by Crippen LogP contribution is -2.06. The Morgan fingerprint density at radius 1 is 1.33 bits per heavy atom. The molecule has 0 saturated heterocycles. The quantitative estimate of drug-likeness (QED) is 0.630. The molecule has 82 valence electrons. The first-order valence-corrected chi connectivity index (χ1v) is 6.05. The van der Waals surface area contributed by atoms with Gasteiger partial charge in [0.2, 0.25) is 0 Å². The number of carbonyl (C=O) groups excluding carboxylic acids is 1. The monoisotopic (exact) mass is 310 g/mol. The SMILES string of the molecule is COC(=O)Cc1cc(Cl)c(Cl)cc1CBr. The van der Waals surface area contributed by atoms with E-state index in [0.717, 1.165) is 11.1 Å².